The third-order valence-electron chi connectivity index (χ3n) is 5.74. The number of rotatable bonds is 5. The molecule has 7 nitrogen and oxygen atoms in total. The molecule has 1 amide bonds. The van der Waals surface area contributed by atoms with Crippen LogP contribution < -0.4 is 4.74 Å². The molecule has 2 aromatic heterocycles. The molecule has 1 aromatic carbocycles. The molecule has 2 N–H and O–H groups in total. The van der Waals surface area contributed by atoms with Crippen LogP contribution in [0.2, 0.25) is 5.02 Å². The van der Waals surface area contributed by atoms with Crippen molar-refractivity contribution >= 4 is 17.5 Å². The number of hydrogen-bond acceptors (Lipinski definition) is 4. The summed E-state index contributed by atoms with van der Waals surface area (Å²) < 4.78 is 5.77. The lowest BCUT2D eigenvalue weighted by molar-refractivity contribution is 0.0783. The molecule has 5 rings (SSSR count). The number of H-pyrrole nitrogens is 2. The fourth-order valence-corrected chi connectivity index (χ4v) is 4.39. The van der Waals surface area contributed by atoms with Gasteiger partial charge in [0.05, 0.1) is 11.4 Å². The summed E-state index contributed by atoms with van der Waals surface area (Å²) in [6.07, 6.45) is 3.93. The molecular weight excluding hydrogens is 390 g/mol. The van der Waals surface area contributed by atoms with Gasteiger partial charge in [-0.3, -0.25) is 15.0 Å². The van der Waals surface area contributed by atoms with Crippen LogP contribution >= 0.6 is 11.6 Å². The number of fused-ring (bicyclic) bond motifs is 1. The highest BCUT2D eigenvalue weighted by Gasteiger charge is 2.33. The molecule has 29 heavy (non-hydrogen) atoms. The van der Waals surface area contributed by atoms with Crippen LogP contribution in [0.25, 0.3) is 0 Å². The van der Waals surface area contributed by atoms with E-state index in [9.17, 15) is 4.79 Å². The highest BCUT2D eigenvalue weighted by atomic mass is 35.5. The number of aromatic nitrogens is 4. The van der Waals surface area contributed by atoms with Crippen LogP contribution in [0, 0.1) is 0 Å². The molecule has 0 spiro atoms. The van der Waals surface area contributed by atoms with E-state index in [-0.39, 0.29) is 11.8 Å². The number of aromatic amines is 2. The fourth-order valence-electron chi connectivity index (χ4n) is 4.21. The van der Waals surface area contributed by atoms with Gasteiger partial charge in [-0.2, -0.15) is 10.2 Å². The first-order valence-corrected chi connectivity index (χ1v) is 10.3. The maximum absolute atomic E-state index is 12.9. The Morgan fingerprint density at radius 1 is 1.24 bits per heavy atom. The van der Waals surface area contributed by atoms with E-state index < -0.39 is 0 Å². The average molecular weight is 412 g/mol. The second-order valence-corrected chi connectivity index (χ2v) is 8.12. The molecule has 0 unspecified atom stereocenters. The van der Waals surface area contributed by atoms with E-state index in [2.05, 4.69) is 20.4 Å². The number of hydrogen-bond donors (Lipinski definition) is 2. The van der Waals surface area contributed by atoms with Gasteiger partial charge in [-0.05, 0) is 49.9 Å². The maximum Gasteiger partial charge on any atom is 0.274 e. The molecule has 3 heterocycles. The number of amides is 1. The molecular formula is C21H22ClN5O2. The van der Waals surface area contributed by atoms with E-state index in [0.717, 1.165) is 60.6 Å². The number of nitrogens with zero attached hydrogens (tertiary/aromatic N) is 3. The second kappa shape index (κ2) is 7.55. The van der Waals surface area contributed by atoms with Crippen LogP contribution in [-0.2, 0) is 19.4 Å². The molecule has 1 atom stereocenters. The molecule has 0 radical (unpaired) electrons. The Kier molecular flexibility index (Phi) is 4.75. The molecule has 1 fully saturated rings. The lowest BCUT2D eigenvalue weighted by Gasteiger charge is -2.15. The van der Waals surface area contributed by atoms with Gasteiger partial charge in [0.2, 0.25) is 0 Å². The summed E-state index contributed by atoms with van der Waals surface area (Å²) in [7, 11) is 0. The van der Waals surface area contributed by atoms with Crippen molar-refractivity contribution in [2.24, 2.45) is 0 Å². The number of aryl methyl sites for hydroxylation is 1. The zero-order chi connectivity index (χ0) is 19.8. The van der Waals surface area contributed by atoms with Gasteiger partial charge in [-0.1, -0.05) is 17.7 Å². The first kappa shape index (κ1) is 18.2. The summed E-state index contributed by atoms with van der Waals surface area (Å²) in [6.45, 7) is 1.79. The first-order valence-electron chi connectivity index (χ1n) is 9.95. The van der Waals surface area contributed by atoms with Crippen molar-refractivity contribution in [3.8, 4) is 5.75 Å². The molecule has 1 aliphatic carbocycles. The topological polar surface area (TPSA) is 86.9 Å². The van der Waals surface area contributed by atoms with Crippen molar-refractivity contribution in [1.82, 2.24) is 25.3 Å². The Bertz CT molecular complexity index is 1040. The van der Waals surface area contributed by atoms with Crippen molar-refractivity contribution in [3.05, 3.63) is 63.7 Å². The zero-order valence-corrected chi connectivity index (χ0v) is 16.7. The molecule has 3 aromatic rings. The van der Waals surface area contributed by atoms with E-state index in [4.69, 9.17) is 16.3 Å². The van der Waals surface area contributed by atoms with E-state index in [1.807, 2.05) is 29.2 Å². The largest absolute Gasteiger partial charge is 0.487 e. The van der Waals surface area contributed by atoms with Crippen molar-refractivity contribution in [3.63, 3.8) is 0 Å². The van der Waals surface area contributed by atoms with E-state index in [0.29, 0.717) is 23.9 Å². The third-order valence-corrected chi connectivity index (χ3v) is 5.98. The van der Waals surface area contributed by atoms with Crippen LogP contribution in [0.15, 0.2) is 30.3 Å². The van der Waals surface area contributed by atoms with Crippen LogP contribution in [0.3, 0.4) is 0 Å². The highest BCUT2D eigenvalue weighted by Crippen LogP contribution is 2.30. The van der Waals surface area contributed by atoms with Gasteiger partial charge in [0.25, 0.3) is 5.91 Å². The molecule has 1 aliphatic heterocycles. The Labute approximate surface area is 173 Å². The minimum absolute atomic E-state index is 0.0342. The zero-order valence-electron chi connectivity index (χ0n) is 15.9. The lowest BCUT2D eigenvalue weighted by atomic mass is 10.1. The van der Waals surface area contributed by atoms with E-state index >= 15 is 0 Å². The summed E-state index contributed by atoms with van der Waals surface area (Å²) in [4.78, 5) is 14.8. The number of halogens is 1. The Hall–Kier alpha value is -2.80. The Morgan fingerprint density at radius 3 is 3.07 bits per heavy atom. The summed E-state index contributed by atoms with van der Waals surface area (Å²) in [5, 5.41) is 15.5. The third kappa shape index (κ3) is 3.62. The number of likely N-dealkylation sites (tertiary alicyclic amines) is 1. The summed E-state index contributed by atoms with van der Waals surface area (Å²) in [6, 6.07) is 9.35. The summed E-state index contributed by atoms with van der Waals surface area (Å²) in [5.41, 5.74) is 4.71. The molecule has 8 heteroatoms. The molecule has 0 saturated carbocycles. The predicted octanol–water partition coefficient (Wildman–Crippen LogP) is 3.48. The average Bonchev–Trinajstić information content (AvgIpc) is 3.50. The standard InChI is InChI=1S/C21H22ClN5O2/c22-14-3-1-4-16(9-14)29-12-15-10-19(25-23-15)13-7-8-27(11-13)21(28)20-17-5-2-6-18(17)24-26-20/h1,3-4,9-10,13H,2,5-8,11-12H2,(H,23,25)(H,24,26)/t13-/m1/s1. The molecule has 2 aliphatic rings. The Balaban J connectivity index is 1.21. The number of ether oxygens (including phenoxy) is 1. The van der Waals surface area contributed by atoms with Crippen molar-refractivity contribution in [2.45, 2.75) is 38.2 Å². The monoisotopic (exact) mass is 411 g/mol. The molecule has 1 saturated heterocycles. The quantitative estimate of drug-likeness (QED) is 0.672. The number of carbonyl (C=O) groups excluding carboxylic acids is 1. The second-order valence-electron chi connectivity index (χ2n) is 7.68. The van der Waals surface area contributed by atoms with Crippen molar-refractivity contribution in [1.29, 1.82) is 0 Å². The van der Waals surface area contributed by atoms with Gasteiger partial charge in [0.1, 0.15) is 12.4 Å². The van der Waals surface area contributed by atoms with Gasteiger partial charge < -0.3 is 9.64 Å². The van der Waals surface area contributed by atoms with Gasteiger partial charge in [-0.15, -0.1) is 0 Å². The predicted molar refractivity (Wildman–Crippen MR) is 108 cm³/mol. The normalized spacial score (nSPS) is 18.2. The molecule has 150 valence electrons. The number of carbonyl (C=O) groups is 1. The van der Waals surface area contributed by atoms with Gasteiger partial charge in [-0.25, -0.2) is 0 Å². The number of benzene rings is 1. The number of nitrogens with one attached hydrogen (secondary N) is 2. The smallest absolute Gasteiger partial charge is 0.274 e. The molecule has 0 bridgehead atoms. The lowest BCUT2D eigenvalue weighted by Crippen LogP contribution is -2.29. The minimum atomic E-state index is 0.0342. The Morgan fingerprint density at radius 2 is 2.17 bits per heavy atom. The minimum Gasteiger partial charge on any atom is -0.487 e. The van der Waals surface area contributed by atoms with Gasteiger partial charge in [0, 0.05) is 35.3 Å². The first-order chi connectivity index (χ1) is 14.2. The maximum atomic E-state index is 12.9. The van der Waals surface area contributed by atoms with Crippen LogP contribution in [0.5, 0.6) is 5.75 Å². The van der Waals surface area contributed by atoms with E-state index in [1.165, 1.54) is 0 Å². The van der Waals surface area contributed by atoms with Gasteiger partial charge >= 0.3 is 0 Å². The van der Waals surface area contributed by atoms with Crippen molar-refractivity contribution in [2.75, 3.05) is 13.1 Å². The fraction of sp³-hybridized carbons (Fsp3) is 0.381. The van der Waals surface area contributed by atoms with Crippen LogP contribution in [-0.4, -0.2) is 44.3 Å². The van der Waals surface area contributed by atoms with Crippen LogP contribution in [0.4, 0.5) is 0 Å². The highest BCUT2D eigenvalue weighted by molar-refractivity contribution is 6.30. The van der Waals surface area contributed by atoms with Crippen molar-refractivity contribution < 1.29 is 9.53 Å². The van der Waals surface area contributed by atoms with Crippen LogP contribution in [0.1, 0.15) is 51.9 Å². The van der Waals surface area contributed by atoms with E-state index in [1.54, 1.807) is 6.07 Å². The summed E-state index contributed by atoms with van der Waals surface area (Å²) >= 11 is 5.99. The van der Waals surface area contributed by atoms with Gasteiger partial charge in [0.15, 0.2) is 5.69 Å². The SMILES string of the molecule is O=C(c1n[nH]c2c1CCC2)N1CC[C@@H](c2cc(COc3cccc(Cl)c3)[nH]n2)C1. The summed E-state index contributed by atoms with van der Waals surface area (Å²) in [5.74, 6) is 0.979.